The summed E-state index contributed by atoms with van der Waals surface area (Å²) >= 11 is 0. The molecule has 0 unspecified atom stereocenters. The second-order valence-electron chi connectivity index (χ2n) is 7.02. The zero-order valence-corrected chi connectivity index (χ0v) is 17.7. The number of hydrogen-bond acceptors (Lipinski definition) is 9. The molecule has 32 heavy (non-hydrogen) atoms. The molecule has 1 saturated heterocycles. The number of aromatic nitrogens is 1. The summed E-state index contributed by atoms with van der Waals surface area (Å²) in [4.78, 5) is 33.5. The molecule has 1 aromatic carbocycles. The molecule has 1 aliphatic rings. The summed E-state index contributed by atoms with van der Waals surface area (Å²) in [5.74, 6) is -3.12. The number of nitrogens with one attached hydrogen (secondary N) is 1. The first-order chi connectivity index (χ1) is 15.3. The third-order valence-electron chi connectivity index (χ3n) is 4.94. The van der Waals surface area contributed by atoms with E-state index in [9.17, 15) is 18.4 Å². The number of hydrogen-bond donors (Lipinski definition) is 2. The average Bonchev–Trinajstić information content (AvgIpc) is 2.76. The summed E-state index contributed by atoms with van der Waals surface area (Å²) in [6.07, 6.45) is 0.584. The number of benzene rings is 1. The monoisotopic (exact) mass is 450 g/mol. The summed E-state index contributed by atoms with van der Waals surface area (Å²) in [6, 6.07) is 5.02. The first-order valence-electron chi connectivity index (χ1n) is 10.0. The largest absolute Gasteiger partial charge is 0.527 e. The van der Waals surface area contributed by atoms with Gasteiger partial charge in [-0.3, -0.25) is 4.79 Å². The molecule has 2 aromatic rings. The Kier molecular flexibility index (Phi) is 7.41. The van der Waals surface area contributed by atoms with Gasteiger partial charge in [0.05, 0.1) is 19.3 Å². The maximum atomic E-state index is 14.3. The molecule has 0 aliphatic carbocycles. The second kappa shape index (κ2) is 10.2. The van der Waals surface area contributed by atoms with Gasteiger partial charge >= 0.3 is 6.16 Å². The van der Waals surface area contributed by atoms with Crippen LogP contribution < -0.4 is 15.8 Å². The topological polar surface area (TPSA) is 116 Å². The first-order valence-corrected chi connectivity index (χ1v) is 10.0. The Morgan fingerprint density at radius 3 is 2.56 bits per heavy atom. The van der Waals surface area contributed by atoms with Gasteiger partial charge in [-0.1, -0.05) is 0 Å². The number of hydroxylamine groups is 2. The van der Waals surface area contributed by atoms with Crippen LogP contribution in [0.1, 0.15) is 35.7 Å². The van der Waals surface area contributed by atoms with Crippen molar-refractivity contribution in [2.75, 3.05) is 37.9 Å². The highest BCUT2D eigenvalue weighted by atomic mass is 19.2. The minimum absolute atomic E-state index is 0.0336. The van der Waals surface area contributed by atoms with Crippen molar-refractivity contribution in [3.63, 3.8) is 0 Å². The molecule has 1 fully saturated rings. The van der Waals surface area contributed by atoms with Crippen LogP contribution in [-0.2, 0) is 9.57 Å². The lowest BCUT2D eigenvalue weighted by molar-refractivity contribution is -0.137. The Bertz CT molecular complexity index is 996. The number of nitrogen functional groups attached to an aromatic ring is 1. The molecule has 3 rings (SSSR count). The lowest BCUT2D eigenvalue weighted by atomic mass is 10.0. The Morgan fingerprint density at radius 1 is 1.22 bits per heavy atom. The molecule has 0 bridgehead atoms. The van der Waals surface area contributed by atoms with Crippen molar-refractivity contribution in [1.29, 1.82) is 0 Å². The van der Waals surface area contributed by atoms with E-state index in [1.165, 1.54) is 30.4 Å². The van der Waals surface area contributed by atoms with Crippen LogP contribution in [-0.4, -0.2) is 54.8 Å². The third kappa shape index (κ3) is 5.22. The molecular weight excluding hydrogens is 426 g/mol. The van der Waals surface area contributed by atoms with Crippen molar-refractivity contribution in [1.82, 2.24) is 10.0 Å². The molecule has 3 N–H and O–H groups in total. The molecule has 0 atom stereocenters. The van der Waals surface area contributed by atoms with E-state index < -0.39 is 29.1 Å². The van der Waals surface area contributed by atoms with Crippen LogP contribution in [0.3, 0.4) is 0 Å². The maximum Gasteiger partial charge on any atom is 0.527 e. The maximum absolute atomic E-state index is 14.3. The number of nitrogens with two attached hydrogens (primary N) is 1. The normalized spacial score (nSPS) is 14.6. The van der Waals surface area contributed by atoms with E-state index in [1.807, 2.05) is 0 Å². The summed E-state index contributed by atoms with van der Waals surface area (Å²) in [7, 11) is 1.25. The van der Waals surface area contributed by atoms with E-state index in [2.05, 4.69) is 10.3 Å². The van der Waals surface area contributed by atoms with Crippen LogP contribution in [0.5, 0.6) is 5.75 Å². The van der Waals surface area contributed by atoms with Gasteiger partial charge < -0.3 is 25.4 Å². The number of halogens is 2. The lowest BCUT2D eigenvalue weighted by Gasteiger charge is -2.30. The summed E-state index contributed by atoms with van der Waals surface area (Å²) in [5, 5.41) is 4.74. The number of carbonyl (C=O) groups is 2. The van der Waals surface area contributed by atoms with Gasteiger partial charge in [0.2, 0.25) is 5.78 Å². The number of rotatable bonds is 7. The van der Waals surface area contributed by atoms with Gasteiger partial charge in [-0.2, -0.15) is 0 Å². The molecule has 1 aromatic heterocycles. The van der Waals surface area contributed by atoms with Gasteiger partial charge in [-0.15, -0.1) is 5.06 Å². The zero-order chi connectivity index (χ0) is 23.3. The number of methoxy groups -OCH3 is 1. The Labute approximate surface area is 183 Å². The summed E-state index contributed by atoms with van der Waals surface area (Å²) < 4.78 is 37.7. The molecule has 11 heteroatoms. The molecular formula is C21H24F2N4O5. The fourth-order valence-electron chi connectivity index (χ4n) is 3.35. The molecule has 0 amide bonds. The Balaban J connectivity index is 1.66. The van der Waals surface area contributed by atoms with E-state index >= 15 is 0 Å². The van der Waals surface area contributed by atoms with E-state index in [-0.39, 0.29) is 29.8 Å². The highest BCUT2D eigenvalue weighted by molar-refractivity contribution is 6.13. The van der Waals surface area contributed by atoms with Gasteiger partial charge in [-0.05, 0) is 44.0 Å². The van der Waals surface area contributed by atoms with Crippen LogP contribution >= 0.6 is 0 Å². The Hall–Kier alpha value is -3.47. The highest BCUT2D eigenvalue weighted by Gasteiger charge is 2.26. The van der Waals surface area contributed by atoms with Crippen LogP contribution in [0, 0.1) is 11.6 Å². The molecule has 0 radical (unpaired) electrons. The number of pyridine rings is 1. The van der Waals surface area contributed by atoms with Gasteiger partial charge in [0.1, 0.15) is 22.9 Å². The van der Waals surface area contributed by atoms with Crippen molar-refractivity contribution in [2.45, 2.75) is 25.8 Å². The quantitative estimate of drug-likeness (QED) is 0.485. The predicted octanol–water partition coefficient (Wildman–Crippen LogP) is 3.15. The second-order valence-corrected chi connectivity index (χ2v) is 7.02. The van der Waals surface area contributed by atoms with E-state index in [0.29, 0.717) is 31.7 Å². The molecule has 2 heterocycles. The van der Waals surface area contributed by atoms with E-state index in [4.69, 9.17) is 20.0 Å². The van der Waals surface area contributed by atoms with E-state index in [0.717, 1.165) is 6.07 Å². The van der Waals surface area contributed by atoms with Crippen molar-refractivity contribution in [2.24, 2.45) is 0 Å². The number of ketones is 1. The number of carbonyl (C=O) groups excluding carboxylic acids is 2. The van der Waals surface area contributed by atoms with Gasteiger partial charge in [-0.25, -0.2) is 18.6 Å². The highest BCUT2D eigenvalue weighted by Crippen LogP contribution is 2.28. The number of piperidine rings is 1. The van der Waals surface area contributed by atoms with Gasteiger partial charge in [0, 0.05) is 19.1 Å². The van der Waals surface area contributed by atoms with Crippen LogP contribution in [0.4, 0.5) is 25.2 Å². The number of ether oxygens (including phenoxy) is 2. The standard InChI is InChI=1S/C21H24F2N4O5/c1-3-31-21(29)32-27-10-8-12(9-11-27)25-16-7-4-13(20(24)26-16)19(28)17-15(30-2)6-5-14(22)18(17)23/h4-7,12H,3,8-11H2,1-2H3,(H3,24,25,26). The molecule has 9 nitrogen and oxygen atoms in total. The third-order valence-corrected chi connectivity index (χ3v) is 4.94. The SMILES string of the molecule is CCOC(=O)ON1CCC(Nc2ccc(C(=O)c3c(OC)ccc(F)c3F)c(N)n2)CC1. The lowest BCUT2D eigenvalue weighted by Crippen LogP contribution is -2.40. The van der Waals surface area contributed by atoms with Gasteiger partial charge in [0.15, 0.2) is 11.6 Å². The molecule has 0 saturated carbocycles. The van der Waals surface area contributed by atoms with Crippen molar-refractivity contribution in [3.05, 3.63) is 47.0 Å². The summed E-state index contributed by atoms with van der Waals surface area (Å²) in [5.41, 5.74) is 5.32. The van der Waals surface area contributed by atoms with E-state index in [1.54, 1.807) is 6.92 Å². The molecule has 172 valence electrons. The first kappa shape index (κ1) is 23.2. The van der Waals surface area contributed by atoms with Crippen LogP contribution in [0.15, 0.2) is 24.3 Å². The predicted molar refractivity (Wildman–Crippen MR) is 111 cm³/mol. The van der Waals surface area contributed by atoms with Crippen molar-refractivity contribution in [3.8, 4) is 5.75 Å². The van der Waals surface area contributed by atoms with Crippen molar-refractivity contribution >= 4 is 23.6 Å². The molecule has 1 aliphatic heterocycles. The minimum Gasteiger partial charge on any atom is -0.496 e. The van der Waals surface area contributed by atoms with Crippen LogP contribution in [0.25, 0.3) is 0 Å². The Morgan fingerprint density at radius 2 is 1.94 bits per heavy atom. The van der Waals surface area contributed by atoms with Crippen LogP contribution in [0.2, 0.25) is 0 Å². The number of nitrogens with zero attached hydrogens (tertiary/aromatic N) is 2. The van der Waals surface area contributed by atoms with Gasteiger partial charge in [0.25, 0.3) is 0 Å². The number of anilines is 2. The fourth-order valence-corrected chi connectivity index (χ4v) is 3.35. The smallest absolute Gasteiger partial charge is 0.496 e. The minimum atomic E-state index is -1.31. The zero-order valence-electron chi connectivity index (χ0n) is 17.7. The molecule has 0 spiro atoms. The van der Waals surface area contributed by atoms with Crippen molar-refractivity contribution < 1.29 is 32.7 Å². The average molecular weight is 450 g/mol. The fraction of sp³-hybridized carbons (Fsp3) is 0.381. The summed E-state index contributed by atoms with van der Waals surface area (Å²) in [6.45, 7) is 2.93.